The topological polar surface area (TPSA) is 17.1 Å². The van der Waals surface area contributed by atoms with Crippen molar-refractivity contribution in [2.24, 2.45) is 0 Å². The number of rotatable bonds is 1. The normalized spacial score (nSPS) is 10.0. The van der Waals surface area contributed by atoms with E-state index in [1.807, 2.05) is 0 Å². The van der Waals surface area contributed by atoms with Crippen LogP contribution in [0.5, 0.6) is 0 Å². The van der Waals surface area contributed by atoms with Crippen LogP contribution in [0.4, 0.5) is 4.39 Å². The summed E-state index contributed by atoms with van der Waals surface area (Å²) < 4.78 is 13.1. The highest BCUT2D eigenvalue weighted by molar-refractivity contribution is 6.35. The molecule has 0 spiro atoms. The maximum atomic E-state index is 13.1. The molecular weight excluding hydrogens is 202 g/mol. The fourth-order valence-corrected chi connectivity index (χ4v) is 1.29. The lowest BCUT2D eigenvalue weighted by Gasteiger charge is -2.02. The van der Waals surface area contributed by atoms with Crippen molar-refractivity contribution in [2.45, 2.75) is 6.92 Å². The highest BCUT2D eigenvalue weighted by Gasteiger charge is 2.14. The third kappa shape index (κ3) is 1.59. The lowest BCUT2D eigenvalue weighted by molar-refractivity contribution is 0.101. The quantitative estimate of drug-likeness (QED) is 0.509. The van der Waals surface area contributed by atoms with Gasteiger partial charge in [-0.05, 0) is 19.1 Å². The van der Waals surface area contributed by atoms with Crippen molar-refractivity contribution in [2.75, 3.05) is 0 Å². The largest absolute Gasteiger partial charge is 0.294 e. The SMILES string of the molecule is CC(=O)c1c(Cl)ccc(Cl)c1F. The van der Waals surface area contributed by atoms with E-state index < -0.39 is 11.6 Å². The molecule has 0 saturated carbocycles. The molecule has 0 fully saturated rings. The van der Waals surface area contributed by atoms with Crippen molar-refractivity contribution in [1.82, 2.24) is 0 Å². The number of carbonyl (C=O) groups is 1. The summed E-state index contributed by atoms with van der Waals surface area (Å²) >= 11 is 11.0. The molecule has 0 bridgehead atoms. The van der Waals surface area contributed by atoms with Crippen LogP contribution in [-0.4, -0.2) is 5.78 Å². The highest BCUT2D eigenvalue weighted by atomic mass is 35.5. The molecule has 1 rings (SSSR count). The maximum absolute atomic E-state index is 13.1. The van der Waals surface area contributed by atoms with Crippen LogP contribution in [0.15, 0.2) is 12.1 Å². The molecule has 0 atom stereocenters. The molecule has 0 radical (unpaired) electrons. The average Bonchev–Trinajstić information content (AvgIpc) is 1.97. The molecule has 0 N–H and O–H groups in total. The number of halogens is 3. The Balaban J connectivity index is 3.43. The van der Waals surface area contributed by atoms with Gasteiger partial charge in [-0.15, -0.1) is 0 Å². The van der Waals surface area contributed by atoms with E-state index in [9.17, 15) is 9.18 Å². The lowest BCUT2D eigenvalue weighted by atomic mass is 10.1. The summed E-state index contributed by atoms with van der Waals surface area (Å²) in [5, 5.41) is -0.00556. The molecule has 0 heterocycles. The van der Waals surface area contributed by atoms with E-state index >= 15 is 0 Å². The van der Waals surface area contributed by atoms with E-state index in [-0.39, 0.29) is 15.6 Å². The van der Waals surface area contributed by atoms with E-state index in [0.717, 1.165) is 0 Å². The van der Waals surface area contributed by atoms with E-state index in [1.54, 1.807) is 0 Å². The van der Waals surface area contributed by atoms with Gasteiger partial charge in [-0.1, -0.05) is 23.2 Å². The Hall–Kier alpha value is -0.600. The molecule has 1 aromatic carbocycles. The Morgan fingerprint density at radius 2 is 1.83 bits per heavy atom. The van der Waals surface area contributed by atoms with E-state index in [1.165, 1.54) is 19.1 Å². The molecule has 1 aromatic rings. The second-order valence-electron chi connectivity index (χ2n) is 2.27. The Bertz CT molecular complexity index is 336. The molecule has 0 unspecified atom stereocenters. The summed E-state index contributed by atoms with van der Waals surface area (Å²) in [6.07, 6.45) is 0. The van der Waals surface area contributed by atoms with Crippen LogP contribution in [0.1, 0.15) is 17.3 Å². The van der Waals surface area contributed by atoms with Gasteiger partial charge in [0.1, 0.15) is 0 Å². The zero-order chi connectivity index (χ0) is 9.30. The van der Waals surface area contributed by atoms with Gasteiger partial charge in [0, 0.05) is 0 Å². The first-order chi connectivity index (χ1) is 5.54. The van der Waals surface area contributed by atoms with Gasteiger partial charge in [-0.2, -0.15) is 0 Å². The molecule has 0 aliphatic rings. The zero-order valence-electron chi connectivity index (χ0n) is 6.20. The van der Waals surface area contributed by atoms with Crippen LogP contribution < -0.4 is 0 Å². The molecular formula is C8H5Cl2FO. The minimum atomic E-state index is -0.753. The number of hydrogen-bond acceptors (Lipinski definition) is 1. The van der Waals surface area contributed by atoms with Crippen LogP contribution in [0.25, 0.3) is 0 Å². The summed E-state index contributed by atoms with van der Waals surface area (Å²) in [7, 11) is 0. The lowest BCUT2D eigenvalue weighted by Crippen LogP contribution is -1.98. The molecule has 0 amide bonds. The van der Waals surface area contributed by atoms with E-state index in [2.05, 4.69) is 0 Å². The summed E-state index contributed by atoms with van der Waals surface area (Å²) in [5.74, 6) is -1.18. The Kier molecular flexibility index (Phi) is 2.70. The molecule has 4 heteroatoms. The van der Waals surface area contributed by atoms with Crippen LogP contribution in [0, 0.1) is 5.82 Å². The molecule has 0 aromatic heterocycles. The van der Waals surface area contributed by atoms with Crippen molar-refractivity contribution in [3.05, 3.63) is 33.6 Å². The number of hydrogen-bond donors (Lipinski definition) is 0. The minimum Gasteiger partial charge on any atom is -0.294 e. The summed E-state index contributed by atoms with van der Waals surface area (Å²) in [6, 6.07) is 2.70. The average molecular weight is 207 g/mol. The zero-order valence-corrected chi connectivity index (χ0v) is 7.71. The maximum Gasteiger partial charge on any atom is 0.164 e. The third-order valence-electron chi connectivity index (χ3n) is 1.40. The monoisotopic (exact) mass is 206 g/mol. The second kappa shape index (κ2) is 3.42. The van der Waals surface area contributed by atoms with Gasteiger partial charge in [0.2, 0.25) is 0 Å². The van der Waals surface area contributed by atoms with Crippen molar-refractivity contribution in [3.63, 3.8) is 0 Å². The summed E-state index contributed by atoms with van der Waals surface area (Å²) in [4.78, 5) is 10.9. The number of ketones is 1. The molecule has 1 nitrogen and oxygen atoms in total. The van der Waals surface area contributed by atoms with Crippen LogP contribution >= 0.6 is 23.2 Å². The van der Waals surface area contributed by atoms with Crippen LogP contribution in [-0.2, 0) is 0 Å². The van der Waals surface area contributed by atoms with Crippen LogP contribution in [0.2, 0.25) is 10.0 Å². The number of benzene rings is 1. The van der Waals surface area contributed by atoms with Crippen LogP contribution in [0.3, 0.4) is 0 Å². The third-order valence-corrected chi connectivity index (χ3v) is 2.00. The van der Waals surface area contributed by atoms with Gasteiger partial charge in [0.15, 0.2) is 11.6 Å². The van der Waals surface area contributed by atoms with Crippen molar-refractivity contribution in [3.8, 4) is 0 Å². The van der Waals surface area contributed by atoms with Gasteiger partial charge >= 0.3 is 0 Å². The molecule has 0 aliphatic carbocycles. The molecule has 0 saturated heterocycles. The molecule has 0 aliphatic heterocycles. The number of Topliss-reactive ketones (excluding diaryl/α,β-unsaturated/α-hetero) is 1. The van der Waals surface area contributed by atoms with Crippen molar-refractivity contribution in [1.29, 1.82) is 0 Å². The molecule has 64 valence electrons. The van der Waals surface area contributed by atoms with Crippen molar-refractivity contribution >= 4 is 29.0 Å². The second-order valence-corrected chi connectivity index (χ2v) is 3.09. The number of carbonyl (C=O) groups excluding carboxylic acids is 1. The van der Waals surface area contributed by atoms with E-state index in [0.29, 0.717) is 0 Å². The van der Waals surface area contributed by atoms with Crippen molar-refractivity contribution < 1.29 is 9.18 Å². The smallest absolute Gasteiger partial charge is 0.164 e. The first-order valence-electron chi connectivity index (χ1n) is 3.18. The predicted octanol–water partition coefficient (Wildman–Crippen LogP) is 3.34. The Labute approximate surface area is 79.1 Å². The fourth-order valence-electron chi connectivity index (χ4n) is 0.850. The standard InChI is InChI=1S/C8H5Cl2FO/c1-4(12)7-5(9)2-3-6(10)8(7)11/h2-3H,1H3. The summed E-state index contributed by atoms with van der Waals surface area (Å²) in [5.41, 5.74) is -0.149. The highest BCUT2D eigenvalue weighted by Crippen LogP contribution is 2.25. The predicted molar refractivity (Wildman–Crippen MR) is 46.4 cm³/mol. The van der Waals surface area contributed by atoms with E-state index in [4.69, 9.17) is 23.2 Å². The van der Waals surface area contributed by atoms with Gasteiger partial charge in [0.25, 0.3) is 0 Å². The Morgan fingerprint density at radius 1 is 1.33 bits per heavy atom. The first-order valence-corrected chi connectivity index (χ1v) is 3.94. The fraction of sp³-hybridized carbons (Fsp3) is 0.125. The molecule has 12 heavy (non-hydrogen) atoms. The Morgan fingerprint density at radius 3 is 2.25 bits per heavy atom. The van der Waals surface area contributed by atoms with Gasteiger partial charge in [-0.25, -0.2) is 4.39 Å². The summed E-state index contributed by atoms with van der Waals surface area (Å²) in [6.45, 7) is 1.24. The first kappa shape index (κ1) is 9.49. The minimum absolute atomic E-state index is 0.0874. The van der Waals surface area contributed by atoms with Gasteiger partial charge in [-0.3, -0.25) is 4.79 Å². The van der Waals surface area contributed by atoms with Gasteiger partial charge < -0.3 is 0 Å². The van der Waals surface area contributed by atoms with Gasteiger partial charge in [0.05, 0.1) is 15.6 Å².